The van der Waals surface area contributed by atoms with Crippen LogP contribution in [0.15, 0.2) is 23.5 Å². The minimum absolute atomic E-state index is 0.106. The van der Waals surface area contributed by atoms with Crippen LogP contribution in [0.2, 0.25) is 0 Å². The second kappa shape index (κ2) is 8.56. The maximum atomic E-state index is 12.4. The second-order valence-corrected chi connectivity index (χ2v) is 9.58. The monoisotopic (exact) mass is 418 g/mol. The zero-order chi connectivity index (χ0) is 22.2. The third kappa shape index (κ3) is 3.69. The normalized spacial score (nSPS) is 39.5. The van der Waals surface area contributed by atoms with E-state index in [0.29, 0.717) is 11.8 Å². The lowest BCUT2D eigenvalue weighted by atomic mass is 9.51. The zero-order valence-electron chi connectivity index (χ0n) is 18.6. The first kappa shape index (κ1) is 22.6. The highest BCUT2D eigenvalue weighted by Gasteiger charge is 2.63. The topological polar surface area (TPSA) is 89.9 Å². The molecule has 0 aromatic carbocycles. The molecule has 2 bridgehead atoms. The number of allylic oxidation sites excluding steroid dienone is 2. The number of carboxylic acids is 1. The van der Waals surface area contributed by atoms with Crippen LogP contribution in [-0.4, -0.2) is 35.5 Å². The first-order chi connectivity index (χ1) is 14.1. The van der Waals surface area contributed by atoms with Crippen LogP contribution in [0.1, 0.15) is 60.3 Å². The van der Waals surface area contributed by atoms with E-state index in [4.69, 9.17) is 14.6 Å². The number of ether oxygens (including phenoxy) is 2. The molecule has 3 aliphatic rings. The lowest BCUT2D eigenvalue weighted by Crippen LogP contribution is -2.51. The van der Waals surface area contributed by atoms with Crippen LogP contribution in [0.3, 0.4) is 0 Å². The number of carboxylic acid groups (broad SMARTS) is 1. The lowest BCUT2D eigenvalue weighted by Gasteiger charge is -2.52. The highest BCUT2D eigenvalue weighted by atomic mass is 16.5. The molecule has 2 fully saturated rings. The van der Waals surface area contributed by atoms with E-state index in [9.17, 15) is 14.4 Å². The minimum atomic E-state index is -1.01. The molecular weight excluding hydrogens is 384 g/mol. The molecule has 0 aromatic heterocycles. The highest BCUT2D eigenvalue weighted by molar-refractivity contribution is 5.76. The first-order valence-corrected chi connectivity index (χ1v) is 11.1. The van der Waals surface area contributed by atoms with E-state index < -0.39 is 11.9 Å². The summed E-state index contributed by atoms with van der Waals surface area (Å²) in [5.74, 6) is 0.504. The van der Waals surface area contributed by atoms with E-state index in [1.54, 1.807) is 6.08 Å². The maximum Gasteiger partial charge on any atom is 0.306 e. The quantitative estimate of drug-likeness (QED) is 0.289. The van der Waals surface area contributed by atoms with Gasteiger partial charge in [-0.05, 0) is 41.7 Å². The Kier molecular flexibility index (Phi) is 6.44. The van der Waals surface area contributed by atoms with Gasteiger partial charge in [-0.1, -0.05) is 41.0 Å². The number of fused-ring (bicyclic) bond motifs is 4. The van der Waals surface area contributed by atoms with Gasteiger partial charge in [0.05, 0.1) is 12.8 Å². The second-order valence-electron chi connectivity index (χ2n) is 9.58. The Morgan fingerprint density at radius 3 is 2.63 bits per heavy atom. The summed E-state index contributed by atoms with van der Waals surface area (Å²) in [5, 5.41) is 8.87. The van der Waals surface area contributed by atoms with E-state index >= 15 is 0 Å². The van der Waals surface area contributed by atoms with Crippen molar-refractivity contribution in [3.8, 4) is 0 Å². The molecule has 1 heterocycles. The number of carbonyl (C=O) groups excluding carboxylic acids is 2. The molecule has 3 rings (SSSR count). The van der Waals surface area contributed by atoms with Gasteiger partial charge in [0.1, 0.15) is 24.3 Å². The van der Waals surface area contributed by atoms with Crippen molar-refractivity contribution in [2.45, 2.75) is 72.5 Å². The van der Waals surface area contributed by atoms with Crippen molar-refractivity contribution >= 4 is 18.2 Å². The van der Waals surface area contributed by atoms with E-state index in [2.05, 4.69) is 40.7 Å². The van der Waals surface area contributed by atoms with Crippen LogP contribution < -0.4 is 0 Å². The molecule has 0 spiro atoms. The molecule has 1 aliphatic heterocycles. The molecule has 0 radical (unpaired) electrons. The number of aldehydes is 1. The third-order valence-electron chi connectivity index (χ3n) is 7.64. The number of carbonyl (C=O) groups is 3. The van der Waals surface area contributed by atoms with Crippen molar-refractivity contribution < 1.29 is 29.0 Å². The van der Waals surface area contributed by atoms with Crippen LogP contribution in [-0.2, 0) is 23.9 Å². The summed E-state index contributed by atoms with van der Waals surface area (Å²) in [6.45, 7) is 10.9. The average Bonchev–Trinajstić information content (AvgIpc) is 2.87. The molecule has 6 nitrogen and oxygen atoms in total. The fourth-order valence-corrected chi connectivity index (χ4v) is 6.40. The largest absolute Gasteiger partial charge is 0.490 e. The first-order valence-electron chi connectivity index (χ1n) is 11.1. The maximum absolute atomic E-state index is 12.4. The molecule has 30 heavy (non-hydrogen) atoms. The Labute approximate surface area is 178 Å². The molecule has 8 atom stereocenters. The number of esters is 1. The molecule has 0 amide bonds. The van der Waals surface area contributed by atoms with Gasteiger partial charge in [0.15, 0.2) is 0 Å². The van der Waals surface area contributed by atoms with Crippen LogP contribution in [0.4, 0.5) is 0 Å². The molecule has 1 N–H and O–H groups in total. The fourth-order valence-electron chi connectivity index (χ4n) is 6.40. The lowest BCUT2D eigenvalue weighted by molar-refractivity contribution is -0.155. The Bertz CT molecular complexity index is 768. The number of hydrogen-bond donors (Lipinski definition) is 1. The number of aliphatic carboxylic acids is 1. The van der Waals surface area contributed by atoms with Gasteiger partial charge in [-0.15, -0.1) is 0 Å². The summed E-state index contributed by atoms with van der Waals surface area (Å²) in [7, 11) is 0. The van der Waals surface area contributed by atoms with E-state index in [0.717, 1.165) is 30.5 Å². The van der Waals surface area contributed by atoms with Gasteiger partial charge in [-0.25, -0.2) is 0 Å². The van der Waals surface area contributed by atoms with Crippen molar-refractivity contribution in [3.05, 3.63) is 23.5 Å². The summed E-state index contributed by atoms with van der Waals surface area (Å²) in [4.78, 5) is 34.6. The van der Waals surface area contributed by atoms with E-state index in [1.807, 2.05) is 0 Å². The van der Waals surface area contributed by atoms with Crippen molar-refractivity contribution in [3.63, 3.8) is 0 Å². The van der Waals surface area contributed by atoms with Crippen LogP contribution in [0.25, 0.3) is 0 Å². The van der Waals surface area contributed by atoms with Gasteiger partial charge in [0.2, 0.25) is 0 Å². The molecule has 0 aromatic rings. The standard InChI is InChI=1S/C24H34O6/c1-6-13(2)22-17-12-16-21(24(22,5)18(29-17)9-10-25)14(3)11-15(4)23(16)30-20(28)8-7-19(26)27/h9-10,12-15,17,21-23H,6-8,11H2,1-5H3,(H,26,27)/t13-,14-,15+,17+,21+,22+,23-,24-/m1/s1. The van der Waals surface area contributed by atoms with Crippen molar-refractivity contribution in [2.75, 3.05) is 0 Å². The minimum Gasteiger partial charge on any atom is -0.490 e. The van der Waals surface area contributed by atoms with Gasteiger partial charge >= 0.3 is 11.9 Å². The average molecular weight is 419 g/mol. The summed E-state index contributed by atoms with van der Waals surface area (Å²) >= 11 is 0. The molecule has 1 saturated carbocycles. The zero-order valence-corrected chi connectivity index (χ0v) is 18.6. The van der Waals surface area contributed by atoms with E-state index in [1.165, 1.54) is 0 Å². The van der Waals surface area contributed by atoms with Gasteiger partial charge in [-0.3, -0.25) is 14.4 Å². The summed E-state index contributed by atoms with van der Waals surface area (Å²) in [6, 6.07) is 0. The SMILES string of the molecule is CC[C@@H](C)[C@H]1[C@@H]2C=C3[C@H]([C@H](C)C[C@H](C)[C@H]3OC(=O)CCC(=O)O)[C@@]1(C)C(=CC=O)O2. The van der Waals surface area contributed by atoms with Crippen molar-refractivity contribution in [2.24, 2.45) is 35.0 Å². The van der Waals surface area contributed by atoms with Gasteiger partial charge in [-0.2, -0.15) is 0 Å². The molecule has 0 unspecified atom stereocenters. The van der Waals surface area contributed by atoms with Crippen LogP contribution in [0, 0.1) is 35.0 Å². The van der Waals surface area contributed by atoms with Crippen LogP contribution >= 0.6 is 0 Å². The Hall–Kier alpha value is -2.11. The van der Waals surface area contributed by atoms with Crippen molar-refractivity contribution in [1.29, 1.82) is 0 Å². The summed E-state index contributed by atoms with van der Waals surface area (Å²) in [6.07, 6.45) is 5.50. The van der Waals surface area contributed by atoms with Crippen molar-refractivity contribution in [1.82, 2.24) is 0 Å². The third-order valence-corrected chi connectivity index (χ3v) is 7.64. The van der Waals surface area contributed by atoms with E-state index in [-0.39, 0.29) is 48.2 Å². The Morgan fingerprint density at radius 1 is 1.33 bits per heavy atom. The van der Waals surface area contributed by atoms with Crippen LogP contribution in [0.5, 0.6) is 0 Å². The smallest absolute Gasteiger partial charge is 0.306 e. The fraction of sp³-hybridized carbons (Fsp3) is 0.708. The number of hydrogen-bond acceptors (Lipinski definition) is 5. The molecule has 166 valence electrons. The van der Waals surface area contributed by atoms with Gasteiger partial charge < -0.3 is 14.6 Å². The summed E-state index contributed by atoms with van der Waals surface area (Å²) in [5.41, 5.74) is 0.738. The molecular formula is C24H34O6. The van der Waals surface area contributed by atoms with Gasteiger partial charge in [0, 0.05) is 17.4 Å². The molecule has 1 saturated heterocycles. The number of rotatable bonds is 7. The molecule has 2 aliphatic carbocycles. The summed E-state index contributed by atoms with van der Waals surface area (Å²) < 4.78 is 12.2. The predicted molar refractivity (Wildman–Crippen MR) is 111 cm³/mol. The predicted octanol–water partition coefficient (Wildman–Crippen LogP) is 4.15. The Morgan fingerprint density at radius 2 is 2.03 bits per heavy atom. The Balaban J connectivity index is 2.00. The molecule has 6 heteroatoms. The highest BCUT2D eigenvalue weighted by Crippen LogP contribution is 2.64. The van der Waals surface area contributed by atoms with Gasteiger partial charge in [0.25, 0.3) is 0 Å².